The number of nitrogens with one attached hydrogen (secondary N) is 1. The van der Waals surface area contributed by atoms with E-state index < -0.39 is 0 Å². The molecule has 3 heterocycles. The molecular formula is C13H15N5O2. The summed E-state index contributed by atoms with van der Waals surface area (Å²) in [6.07, 6.45) is 3.40. The van der Waals surface area contributed by atoms with Crippen LogP contribution in [0.25, 0.3) is 11.4 Å². The molecule has 2 aromatic heterocycles. The van der Waals surface area contributed by atoms with E-state index in [2.05, 4.69) is 20.4 Å². The quantitative estimate of drug-likeness (QED) is 0.838. The number of anilines is 1. The molecule has 1 aliphatic heterocycles. The van der Waals surface area contributed by atoms with Crippen LogP contribution in [0.3, 0.4) is 0 Å². The largest absolute Gasteiger partial charge is 0.466 e. The Morgan fingerprint density at radius 1 is 1.50 bits per heavy atom. The van der Waals surface area contributed by atoms with Gasteiger partial charge in [-0.3, -0.25) is 9.78 Å². The Labute approximate surface area is 116 Å². The highest BCUT2D eigenvalue weighted by atomic mass is 16.5. The fourth-order valence-corrected chi connectivity index (χ4v) is 2.13. The van der Waals surface area contributed by atoms with Gasteiger partial charge in [-0.15, -0.1) is 5.10 Å². The standard InChI is InChI=1S/C13H15N5O2/c1-2-20-12(19)10-7-15-13-16-11(17-18(13)8-10)9-3-5-14-6-4-9/h3-6,10H,2,7-8H2,1H3,(H,15,16,17). The third-order valence-electron chi connectivity index (χ3n) is 3.13. The van der Waals surface area contributed by atoms with Crippen molar-refractivity contribution < 1.29 is 9.53 Å². The van der Waals surface area contributed by atoms with Gasteiger partial charge >= 0.3 is 5.97 Å². The molecule has 0 saturated carbocycles. The van der Waals surface area contributed by atoms with Gasteiger partial charge in [-0.05, 0) is 19.1 Å². The Bertz CT molecular complexity index is 610. The second-order valence-corrected chi connectivity index (χ2v) is 4.51. The van der Waals surface area contributed by atoms with Crippen molar-refractivity contribution in [2.75, 3.05) is 18.5 Å². The summed E-state index contributed by atoms with van der Waals surface area (Å²) >= 11 is 0. The fourth-order valence-electron chi connectivity index (χ4n) is 2.13. The van der Waals surface area contributed by atoms with Gasteiger partial charge in [0.25, 0.3) is 0 Å². The van der Waals surface area contributed by atoms with E-state index in [0.29, 0.717) is 31.5 Å². The average Bonchev–Trinajstić information content (AvgIpc) is 2.91. The molecule has 20 heavy (non-hydrogen) atoms. The molecule has 0 saturated heterocycles. The molecule has 0 radical (unpaired) electrons. The molecule has 1 atom stereocenters. The minimum atomic E-state index is -0.227. The third kappa shape index (κ3) is 2.34. The van der Waals surface area contributed by atoms with Crippen LogP contribution in [0, 0.1) is 5.92 Å². The van der Waals surface area contributed by atoms with Crippen molar-refractivity contribution in [3.8, 4) is 11.4 Å². The van der Waals surface area contributed by atoms with Crippen LogP contribution in [-0.4, -0.2) is 38.9 Å². The zero-order chi connectivity index (χ0) is 13.9. The summed E-state index contributed by atoms with van der Waals surface area (Å²) in [7, 11) is 0. The summed E-state index contributed by atoms with van der Waals surface area (Å²) in [5, 5.41) is 7.54. The van der Waals surface area contributed by atoms with Crippen molar-refractivity contribution in [3.05, 3.63) is 24.5 Å². The SMILES string of the molecule is CCOC(=O)C1CNc2nc(-c3ccncc3)nn2C1. The molecule has 3 rings (SSSR count). The van der Waals surface area contributed by atoms with Crippen LogP contribution >= 0.6 is 0 Å². The highest BCUT2D eigenvalue weighted by Gasteiger charge is 2.27. The lowest BCUT2D eigenvalue weighted by atomic mass is 10.1. The summed E-state index contributed by atoms with van der Waals surface area (Å²) in [5.74, 6) is 0.873. The Kier molecular flexibility index (Phi) is 3.32. The van der Waals surface area contributed by atoms with E-state index in [1.165, 1.54) is 0 Å². The molecule has 104 valence electrons. The molecule has 0 fully saturated rings. The molecule has 0 aromatic carbocycles. The Morgan fingerprint density at radius 3 is 3.05 bits per heavy atom. The lowest BCUT2D eigenvalue weighted by Crippen LogP contribution is -2.34. The van der Waals surface area contributed by atoms with E-state index in [9.17, 15) is 4.79 Å². The van der Waals surface area contributed by atoms with Gasteiger partial charge in [0.05, 0.1) is 19.1 Å². The maximum Gasteiger partial charge on any atom is 0.312 e. The van der Waals surface area contributed by atoms with Gasteiger partial charge in [-0.2, -0.15) is 4.98 Å². The van der Waals surface area contributed by atoms with Gasteiger partial charge in [0, 0.05) is 24.5 Å². The first kappa shape index (κ1) is 12.6. The number of carbonyl (C=O) groups excluding carboxylic acids is 1. The highest BCUT2D eigenvalue weighted by Crippen LogP contribution is 2.21. The maximum atomic E-state index is 11.8. The summed E-state index contributed by atoms with van der Waals surface area (Å²) in [6, 6.07) is 3.70. The monoisotopic (exact) mass is 273 g/mol. The van der Waals surface area contributed by atoms with Crippen molar-refractivity contribution >= 4 is 11.9 Å². The smallest absolute Gasteiger partial charge is 0.312 e. The van der Waals surface area contributed by atoms with Crippen LogP contribution in [0.1, 0.15) is 6.92 Å². The number of rotatable bonds is 3. The highest BCUT2D eigenvalue weighted by molar-refractivity contribution is 5.73. The second-order valence-electron chi connectivity index (χ2n) is 4.51. The zero-order valence-electron chi connectivity index (χ0n) is 11.1. The number of pyridine rings is 1. The molecule has 0 amide bonds. The average molecular weight is 273 g/mol. The molecule has 0 aliphatic carbocycles. The number of hydrogen-bond donors (Lipinski definition) is 1. The fraction of sp³-hybridized carbons (Fsp3) is 0.385. The van der Waals surface area contributed by atoms with Crippen molar-refractivity contribution in [1.82, 2.24) is 19.7 Å². The van der Waals surface area contributed by atoms with Crippen LogP contribution in [0.4, 0.5) is 5.95 Å². The Hall–Kier alpha value is -2.44. The molecule has 0 bridgehead atoms. The Morgan fingerprint density at radius 2 is 2.30 bits per heavy atom. The number of hydrogen-bond acceptors (Lipinski definition) is 6. The lowest BCUT2D eigenvalue weighted by molar-refractivity contribution is -0.148. The van der Waals surface area contributed by atoms with Crippen molar-refractivity contribution in [2.45, 2.75) is 13.5 Å². The first-order chi connectivity index (χ1) is 9.78. The third-order valence-corrected chi connectivity index (χ3v) is 3.13. The number of aromatic nitrogens is 4. The van der Waals surface area contributed by atoms with Gasteiger partial charge in [0.1, 0.15) is 0 Å². The van der Waals surface area contributed by atoms with Gasteiger partial charge < -0.3 is 10.1 Å². The van der Waals surface area contributed by atoms with Crippen LogP contribution in [0.2, 0.25) is 0 Å². The lowest BCUT2D eigenvalue weighted by Gasteiger charge is -2.21. The zero-order valence-corrected chi connectivity index (χ0v) is 11.1. The second kappa shape index (κ2) is 5.28. The minimum absolute atomic E-state index is 0.202. The number of esters is 1. The predicted molar refractivity (Wildman–Crippen MR) is 71.9 cm³/mol. The minimum Gasteiger partial charge on any atom is -0.466 e. The van der Waals surface area contributed by atoms with Gasteiger partial charge in [0.2, 0.25) is 5.95 Å². The first-order valence-electron chi connectivity index (χ1n) is 6.53. The van der Waals surface area contributed by atoms with Gasteiger partial charge in [-0.1, -0.05) is 0 Å². The molecule has 1 unspecified atom stereocenters. The number of carbonyl (C=O) groups is 1. The van der Waals surface area contributed by atoms with Crippen LogP contribution < -0.4 is 5.32 Å². The summed E-state index contributed by atoms with van der Waals surface area (Å²) in [4.78, 5) is 20.1. The number of nitrogens with zero attached hydrogens (tertiary/aromatic N) is 4. The van der Waals surface area contributed by atoms with E-state index in [1.807, 2.05) is 12.1 Å². The van der Waals surface area contributed by atoms with Crippen molar-refractivity contribution in [3.63, 3.8) is 0 Å². The topological polar surface area (TPSA) is 81.9 Å². The molecule has 7 nitrogen and oxygen atoms in total. The summed E-state index contributed by atoms with van der Waals surface area (Å²) in [6.45, 7) is 3.20. The van der Waals surface area contributed by atoms with Gasteiger partial charge in [0.15, 0.2) is 5.82 Å². The predicted octanol–water partition coefficient (Wildman–Crippen LogP) is 0.945. The van der Waals surface area contributed by atoms with Crippen LogP contribution in [-0.2, 0) is 16.1 Å². The van der Waals surface area contributed by atoms with Crippen LogP contribution in [0.15, 0.2) is 24.5 Å². The summed E-state index contributed by atoms with van der Waals surface area (Å²) < 4.78 is 6.75. The van der Waals surface area contributed by atoms with E-state index in [-0.39, 0.29) is 11.9 Å². The normalized spacial score (nSPS) is 17.1. The van der Waals surface area contributed by atoms with Crippen molar-refractivity contribution in [1.29, 1.82) is 0 Å². The molecule has 7 heteroatoms. The molecule has 1 N–H and O–H groups in total. The van der Waals surface area contributed by atoms with E-state index >= 15 is 0 Å². The number of fused-ring (bicyclic) bond motifs is 1. The molecule has 2 aromatic rings. The van der Waals surface area contributed by atoms with E-state index in [1.54, 1.807) is 24.0 Å². The first-order valence-corrected chi connectivity index (χ1v) is 6.53. The molecular weight excluding hydrogens is 258 g/mol. The van der Waals surface area contributed by atoms with Crippen LogP contribution in [0.5, 0.6) is 0 Å². The summed E-state index contributed by atoms with van der Waals surface area (Å²) in [5.41, 5.74) is 0.899. The maximum absolute atomic E-state index is 11.8. The van der Waals surface area contributed by atoms with E-state index in [0.717, 1.165) is 5.56 Å². The Balaban J connectivity index is 1.81. The number of ether oxygens (including phenoxy) is 1. The molecule has 1 aliphatic rings. The van der Waals surface area contributed by atoms with E-state index in [4.69, 9.17) is 4.74 Å². The molecule has 0 spiro atoms. The van der Waals surface area contributed by atoms with Gasteiger partial charge in [-0.25, -0.2) is 4.68 Å². The van der Waals surface area contributed by atoms with Crippen molar-refractivity contribution in [2.24, 2.45) is 5.92 Å².